The second-order valence-electron chi connectivity index (χ2n) is 4.43. The Bertz CT molecular complexity index is 786. The van der Waals surface area contributed by atoms with Gasteiger partial charge in [0.05, 0.1) is 12.1 Å². The highest BCUT2D eigenvalue weighted by Crippen LogP contribution is 2.22. The Labute approximate surface area is 125 Å². The fourth-order valence-electron chi connectivity index (χ4n) is 1.89. The topological polar surface area (TPSA) is 83.6 Å². The van der Waals surface area contributed by atoms with Crippen molar-refractivity contribution in [3.05, 3.63) is 42.5 Å². The highest BCUT2D eigenvalue weighted by molar-refractivity contribution is 8.00. The molecule has 2 heterocycles. The minimum absolute atomic E-state index is 0.0689. The lowest BCUT2D eigenvalue weighted by atomic mass is 10.2. The van der Waals surface area contributed by atoms with Crippen molar-refractivity contribution in [2.75, 3.05) is 11.1 Å². The molecule has 0 bridgehead atoms. The van der Waals surface area contributed by atoms with E-state index in [1.165, 1.54) is 18.1 Å². The molecule has 0 atom stereocenters. The molecule has 0 aliphatic carbocycles. The summed E-state index contributed by atoms with van der Waals surface area (Å²) < 4.78 is 0. The van der Waals surface area contributed by atoms with E-state index >= 15 is 0 Å². The molecule has 7 heteroatoms. The Kier molecular flexibility index (Phi) is 3.83. The maximum Gasteiger partial charge on any atom is 0.234 e. The van der Waals surface area contributed by atoms with E-state index in [1.807, 2.05) is 31.2 Å². The Morgan fingerprint density at radius 1 is 1.29 bits per heavy atom. The van der Waals surface area contributed by atoms with Crippen molar-refractivity contribution in [2.24, 2.45) is 0 Å². The lowest BCUT2D eigenvalue weighted by Crippen LogP contribution is -2.14. The molecular weight excluding hydrogens is 286 g/mol. The first-order valence-corrected chi connectivity index (χ1v) is 7.35. The number of thioether (sulfide) groups is 1. The van der Waals surface area contributed by atoms with Crippen LogP contribution in [0.1, 0.15) is 5.56 Å². The summed E-state index contributed by atoms with van der Waals surface area (Å²) >= 11 is 1.35. The van der Waals surface area contributed by atoms with E-state index in [0.717, 1.165) is 21.8 Å². The number of aromatic nitrogens is 4. The number of anilines is 1. The summed E-state index contributed by atoms with van der Waals surface area (Å²) in [5.74, 6) is 0.208. The summed E-state index contributed by atoms with van der Waals surface area (Å²) in [6.45, 7) is 1.96. The molecule has 1 amide bonds. The van der Waals surface area contributed by atoms with Crippen LogP contribution in [0.4, 0.5) is 5.69 Å². The van der Waals surface area contributed by atoms with E-state index < -0.39 is 0 Å². The number of amides is 1. The van der Waals surface area contributed by atoms with Gasteiger partial charge in [-0.15, -0.1) is 0 Å². The average Bonchev–Trinajstić information content (AvgIpc) is 2.96. The van der Waals surface area contributed by atoms with Crippen molar-refractivity contribution >= 4 is 34.5 Å². The number of fused-ring (bicyclic) bond motifs is 1. The van der Waals surface area contributed by atoms with E-state index in [-0.39, 0.29) is 11.7 Å². The van der Waals surface area contributed by atoms with Gasteiger partial charge in [0, 0.05) is 5.69 Å². The fourth-order valence-corrected chi connectivity index (χ4v) is 2.64. The van der Waals surface area contributed by atoms with Crippen LogP contribution in [0.5, 0.6) is 0 Å². The van der Waals surface area contributed by atoms with E-state index in [9.17, 15) is 4.79 Å². The van der Waals surface area contributed by atoms with Crippen LogP contribution in [-0.2, 0) is 4.79 Å². The highest BCUT2D eigenvalue weighted by atomic mass is 32.2. The third kappa shape index (κ3) is 3.03. The van der Waals surface area contributed by atoms with Gasteiger partial charge >= 0.3 is 0 Å². The molecule has 0 saturated carbocycles. The van der Waals surface area contributed by atoms with E-state index in [2.05, 4.69) is 25.3 Å². The van der Waals surface area contributed by atoms with Gasteiger partial charge in [-0.1, -0.05) is 30.0 Å². The average molecular weight is 299 g/mol. The monoisotopic (exact) mass is 299 g/mol. The molecule has 0 aliphatic rings. The SMILES string of the molecule is Cc1ccccc1NC(=O)CSc1ncnc2nc[nH]c12. The molecule has 6 nitrogen and oxygen atoms in total. The number of hydrogen-bond donors (Lipinski definition) is 2. The largest absolute Gasteiger partial charge is 0.341 e. The molecule has 3 aromatic rings. The predicted molar refractivity (Wildman–Crippen MR) is 82.2 cm³/mol. The van der Waals surface area contributed by atoms with Crippen LogP contribution in [0, 0.1) is 6.92 Å². The summed E-state index contributed by atoms with van der Waals surface area (Å²) in [5, 5.41) is 3.61. The maximum atomic E-state index is 12.0. The van der Waals surface area contributed by atoms with E-state index in [0.29, 0.717) is 5.65 Å². The normalized spacial score (nSPS) is 10.7. The van der Waals surface area contributed by atoms with E-state index in [1.54, 1.807) is 6.33 Å². The molecular formula is C14H13N5OS. The summed E-state index contributed by atoms with van der Waals surface area (Å²) in [4.78, 5) is 27.3. The number of nitrogens with one attached hydrogen (secondary N) is 2. The Balaban J connectivity index is 1.66. The molecule has 2 N–H and O–H groups in total. The van der Waals surface area contributed by atoms with Crippen LogP contribution >= 0.6 is 11.8 Å². The summed E-state index contributed by atoms with van der Waals surface area (Å²) in [7, 11) is 0. The van der Waals surface area contributed by atoms with Crippen molar-refractivity contribution in [1.29, 1.82) is 0 Å². The quantitative estimate of drug-likeness (QED) is 0.571. The van der Waals surface area contributed by atoms with Crippen molar-refractivity contribution in [3.63, 3.8) is 0 Å². The van der Waals surface area contributed by atoms with Gasteiger partial charge in [-0.25, -0.2) is 15.0 Å². The molecule has 1 aromatic carbocycles. The number of H-pyrrole nitrogens is 1. The van der Waals surface area contributed by atoms with Gasteiger partial charge in [-0.2, -0.15) is 0 Å². The maximum absolute atomic E-state index is 12.0. The number of rotatable bonds is 4. The Hall–Kier alpha value is -2.41. The van der Waals surface area contributed by atoms with Crippen LogP contribution in [0.2, 0.25) is 0 Å². The molecule has 0 aliphatic heterocycles. The van der Waals surface area contributed by atoms with Crippen molar-refractivity contribution in [1.82, 2.24) is 19.9 Å². The lowest BCUT2D eigenvalue weighted by Gasteiger charge is -2.07. The molecule has 0 saturated heterocycles. The molecule has 106 valence electrons. The fraction of sp³-hybridized carbons (Fsp3) is 0.143. The van der Waals surface area contributed by atoms with Crippen molar-refractivity contribution in [2.45, 2.75) is 11.9 Å². The van der Waals surface area contributed by atoms with Crippen LogP contribution in [0.3, 0.4) is 0 Å². The van der Waals surface area contributed by atoms with Crippen molar-refractivity contribution in [3.8, 4) is 0 Å². The van der Waals surface area contributed by atoms with Crippen LogP contribution in [-0.4, -0.2) is 31.6 Å². The number of aryl methyl sites for hydroxylation is 1. The number of nitrogens with zero attached hydrogens (tertiary/aromatic N) is 3. The number of para-hydroxylation sites is 1. The summed E-state index contributed by atoms with van der Waals surface area (Å²) in [6.07, 6.45) is 3.02. The number of carbonyl (C=O) groups excluding carboxylic acids is 1. The first-order chi connectivity index (χ1) is 10.2. The zero-order chi connectivity index (χ0) is 14.7. The number of imidazole rings is 1. The smallest absolute Gasteiger partial charge is 0.234 e. The van der Waals surface area contributed by atoms with Crippen LogP contribution < -0.4 is 5.32 Å². The van der Waals surface area contributed by atoms with Gasteiger partial charge in [-0.05, 0) is 18.6 Å². The second-order valence-corrected chi connectivity index (χ2v) is 5.40. The molecule has 0 unspecified atom stereocenters. The predicted octanol–water partition coefficient (Wildman–Crippen LogP) is 2.39. The third-order valence-electron chi connectivity index (χ3n) is 2.95. The first kappa shape index (κ1) is 13.6. The molecule has 3 rings (SSSR count). The molecule has 21 heavy (non-hydrogen) atoms. The van der Waals surface area contributed by atoms with Gasteiger partial charge < -0.3 is 10.3 Å². The van der Waals surface area contributed by atoms with Crippen LogP contribution in [0.25, 0.3) is 11.2 Å². The third-order valence-corrected chi connectivity index (χ3v) is 3.94. The lowest BCUT2D eigenvalue weighted by molar-refractivity contribution is -0.113. The zero-order valence-electron chi connectivity index (χ0n) is 11.3. The van der Waals surface area contributed by atoms with Gasteiger partial charge in [-0.3, -0.25) is 4.79 Å². The Morgan fingerprint density at radius 2 is 2.14 bits per heavy atom. The van der Waals surface area contributed by atoms with Gasteiger partial charge in [0.25, 0.3) is 0 Å². The van der Waals surface area contributed by atoms with Gasteiger partial charge in [0.2, 0.25) is 5.91 Å². The van der Waals surface area contributed by atoms with E-state index in [4.69, 9.17) is 0 Å². The van der Waals surface area contributed by atoms with Crippen LogP contribution in [0.15, 0.2) is 41.9 Å². The minimum atomic E-state index is -0.0689. The second kappa shape index (κ2) is 5.92. The number of hydrogen-bond acceptors (Lipinski definition) is 5. The summed E-state index contributed by atoms with van der Waals surface area (Å²) in [5.41, 5.74) is 3.23. The van der Waals surface area contributed by atoms with Gasteiger partial charge in [0.1, 0.15) is 16.9 Å². The molecule has 0 spiro atoms. The molecule has 2 aromatic heterocycles. The van der Waals surface area contributed by atoms with Gasteiger partial charge in [0.15, 0.2) is 5.65 Å². The Morgan fingerprint density at radius 3 is 3.00 bits per heavy atom. The minimum Gasteiger partial charge on any atom is -0.341 e. The number of carbonyl (C=O) groups is 1. The molecule has 0 radical (unpaired) electrons. The molecule has 0 fully saturated rings. The summed E-state index contributed by atoms with van der Waals surface area (Å²) in [6, 6.07) is 7.68. The highest BCUT2D eigenvalue weighted by Gasteiger charge is 2.10. The number of benzene rings is 1. The standard InChI is InChI=1S/C14H13N5OS/c1-9-4-2-3-5-10(9)19-11(20)6-21-14-12-13(16-7-15-12)17-8-18-14/h2-5,7-8H,6H2,1H3,(H,19,20)(H,15,16,17,18). The zero-order valence-corrected chi connectivity index (χ0v) is 12.1. The number of aromatic amines is 1. The first-order valence-electron chi connectivity index (χ1n) is 6.36. The van der Waals surface area contributed by atoms with Crippen molar-refractivity contribution < 1.29 is 4.79 Å².